The third kappa shape index (κ3) is 3.16. The van der Waals surface area contributed by atoms with E-state index in [1.165, 1.54) is 0 Å². The minimum Gasteiger partial charge on any atom is -0.394 e. The van der Waals surface area contributed by atoms with Gasteiger partial charge in [-0.3, -0.25) is 4.79 Å². The Morgan fingerprint density at radius 2 is 2.07 bits per heavy atom. The van der Waals surface area contributed by atoms with Crippen LogP contribution in [0.5, 0.6) is 0 Å². The summed E-state index contributed by atoms with van der Waals surface area (Å²) in [6, 6.07) is 8.68. The second kappa shape index (κ2) is 5.36. The van der Waals surface area contributed by atoms with Gasteiger partial charge in [0.25, 0.3) is 0 Å². The van der Waals surface area contributed by atoms with Gasteiger partial charge in [0.05, 0.1) is 6.61 Å². The highest BCUT2D eigenvalue weighted by Crippen LogP contribution is 1.96. The molecule has 0 aliphatic carbocycles. The van der Waals surface area contributed by atoms with Gasteiger partial charge in [0.1, 0.15) is 6.04 Å². The van der Waals surface area contributed by atoms with Gasteiger partial charge in [0, 0.05) is 6.54 Å². The number of carbonyl (C=O) groups is 1. The van der Waals surface area contributed by atoms with Crippen molar-refractivity contribution in [2.24, 2.45) is 5.73 Å². The molecule has 76 valence electrons. The van der Waals surface area contributed by atoms with Gasteiger partial charge in [-0.15, -0.1) is 0 Å². The molecular weight excluding hydrogens is 180 g/mol. The van der Waals surface area contributed by atoms with E-state index < -0.39 is 6.04 Å². The Kier molecular flexibility index (Phi) is 4.10. The second-order valence-corrected chi connectivity index (χ2v) is 2.99. The smallest absolute Gasteiger partial charge is 0.239 e. The monoisotopic (exact) mass is 194 g/mol. The van der Waals surface area contributed by atoms with E-state index in [1.807, 2.05) is 30.3 Å². The number of aliphatic hydroxyl groups is 1. The molecule has 0 fully saturated rings. The third-order valence-corrected chi connectivity index (χ3v) is 1.84. The first-order valence-corrected chi connectivity index (χ1v) is 4.42. The molecule has 0 saturated heterocycles. The number of nitrogens with two attached hydrogens (primary N) is 1. The van der Waals surface area contributed by atoms with Crippen molar-refractivity contribution in [2.45, 2.75) is 12.6 Å². The fraction of sp³-hybridized carbons (Fsp3) is 0.300. The molecule has 0 bridgehead atoms. The summed E-state index contributed by atoms with van der Waals surface area (Å²) in [5.41, 5.74) is 6.32. The van der Waals surface area contributed by atoms with Gasteiger partial charge in [-0.25, -0.2) is 0 Å². The minimum absolute atomic E-state index is 0.333. The predicted molar refractivity (Wildman–Crippen MR) is 53.3 cm³/mol. The number of hydrogen-bond acceptors (Lipinski definition) is 3. The molecule has 0 spiro atoms. The molecule has 1 atom stereocenters. The Labute approximate surface area is 82.7 Å². The van der Waals surface area contributed by atoms with Gasteiger partial charge < -0.3 is 16.2 Å². The highest BCUT2D eigenvalue weighted by molar-refractivity contribution is 5.81. The molecule has 14 heavy (non-hydrogen) atoms. The van der Waals surface area contributed by atoms with Crippen LogP contribution in [0.25, 0.3) is 0 Å². The van der Waals surface area contributed by atoms with Crippen LogP contribution in [0.3, 0.4) is 0 Å². The van der Waals surface area contributed by atoms with Crippen LogP contribution in [0.15, 0.2) is 30.3 Å². The van der Waals surface area contributed by atoms with Crippen molar-refractivity contribution < 1.29 is 9.90 Å². The third-order valence-electron chi connectivity index (χ3n) is 1.84. The first kappa shape index (κ1) is 10.7. The van der Waals surface area contributed by atoms with Gasteiger partial charge >= 0.3 is 0 Å². The van der Waals surface area contributed by atoms with Gasteiger partial charge in [0.2, 0.25) is 5.91 Å². The van der Waals surface area contributed by atoms with Crippen LogP contribution in [0, 0.1) is 0 Å². The van der Waals surface area contributed by atoms with Crippen molar-refractivity contribution in [3.63, 3.8) is 0 Å². The minimum atomic E-state index is -0.835. The van der Waals surface area contributed by atoms with E-state index in [2.05, 4.69) is 5.32 Å². The van der Waals surface area contributed by atoms with E-state index in [-0.39, 0.29) is 12.5 Å². The van der Waals surface area contributed by atoms with Gasteiger partial charge in [-0.05, 0) is 5.56 Å². The Balaban J connectivity index is 2.38. The lowest BCUT2D eigenvalue weighted by Gasteiger charge is -2.09. The van der Waals surface area contributed by atoms with Crippen LogP contribution in [0.1, 0.15) is 5.56 Å². The summed E-state index contributed by atoms with van der Waals surface area (Å²) in [6.07, 6.45) is 0. The van der Waals surface area contributed by atoms with Crippen molar-refractivity contribution >= 4 is 5.91 Å². The number of rotatable bonds is 4. The number of hydrogen-bond donors (Lipinski definition) is 3. The maximum atomic E-state index is 11.2. The summed E-state index contributed by atoms with van der Waals surface area (Å²) in [4.78, 5) is 11.2. The summed E-state index contributed by atoms with van der Waals surface area (Å²) in [7, 11) is 0. The van der Waals surface area contributed by atoms with Crippen LogP contribution < -0.4 is 11.1 Å². The summed E-state index contributed by atoms with van der Waals surface area (Å²) in [6.45, 7) is 0.105. The lowest BCUT2D eigenvalue weighted by molar-refractivity contribution is -0.123. The van der Waals surface area contributed by atoms with Gasteiger partial charge in [-0.2, -0.15) is 0 Å². The van der Waals surface area contributed by atoms with Crippen LogP contribution in [-0.2, 0) is 11.3 Å². The maximum absolute atomic E-state index is 11.2. The molecule has 4 heteroatoms. The van der Waals surface area contributed by atoms with Crippen LogP contribution in [0.2, 0.25) is 0 Å². The molecular formula is C10H14N2O2. The van der Waals surface area contributed by atoms with Crippen molar-refractivity contribution in [2.75, 3.05) is 6.61 Å². The van der Waals surface area contributed by atoms with Crippen LogP contribution in [0.4, 0.5) is 0 Å². The molecule has 4 N–H and O–H groups in total. The SMILES string of the molecule is N[C@@H](CO)C(=O)NCc1ccccc1. The average molecular weight is 194 g/mol. The molecule has 1 aromatic rings. The fourth-order valence-electron chi connectivity index (χ4n) is 0.999. The highest BCUT2D eigenvalue weighted by Gasteiger charge is 2.10. The zero-order valence-electron chi connectivity index (χ0n) is 7.81. The van der Waals surface area contributed by atoms with E-state index in [1.54, 1.807) is 0 Å². The molecule has 0 saturated carbocycles. The Hall–Kier alpha value is -1.39. The van der Waals surface area contributed by atoms with Crippen LogP contribution in [-0.4, -0.2) is 23.7 Å². The summed E-state index contributed by atoms with van der Waals surface area (Å²) in [5.74, 6) is -0.337. The molecule has 4 nitrogen and oxygen atoms in total. The largest absolute Gasteiger partial charge is 0.394 e. The number of carbonyl (C=O) groups excluding carboxylic acids is 1. The molecule has 0 aliphatic rings. The summed E-state index contributed by atoms with van der Waals surface area (Å²) in [5, 5.41) is 11.2. The Bertz CT molecular complexity index is 287. The quantitative estimate of drug-likeness (QED) is 0.611. The van der Waals surface area contributed by atoms with Crippen molar-refractivity contribution in [1.29, 1.82) is 0 Å². The van der Waals surface area contributed by atoms with E-state index in [4.69, 9.17) is 10.8 Å². The molecule has 0 unspecified atom stereocenters. The predicted octanol–water partition coefficient (Wildman–Crippen LogP) is -0.378. The van der Waals surface area contributed by atoms with Gasteiger partial charge in [0.15, 0.2) is 0 Å². The van der Waals surface area contributed by atoms with Gasteiger partial charge in [-0.1, -0.05) is 30.3 Å². The zero-order chi connectivity index (χ0) is 10.4. The lowest BCUT2D eigenvalue weighted by Crippen LogP contribution is -2.42. The molecule has 0 aromatic heterocycles. The van der Waals surface area contributed by atoms with Crippen molar-refractivity contribution in [3.8, 4) is 0 Å². The number of benzene rings is 1. The maximum Gasteiger partial charge on any atom is 0.239 e. The summed E-state index contributed by atoms with van der Waals surface area (Å²) < 4.78 is 0. The Morgan fingerprint density at radius 3 is 2.64 bits per heavy atom. The average Bonchev–Trinajstić information content (AvgIpc) is 2.26. The fourth-order valence-corrected chi connectivity index (χ4v) is 0.999. The molecule has 1 amide bonds. The lowest BCUT2D eigenvalue weighted by atomic mass is 10.2. The van der Waals surface area contributed by atoms with Crippen molar-refractivity contribution in [3.05, 3.63) is 35.9 Å². The molecule has 0 heterocycles. The first-order chi connectivity index (χ1) is 6.74. The van der Waals surface area contributed by atoms with E-state index >= 15 is 0 Å². The number of nitrogens with one attached hydrogen (secondary N) is 1. The molecule has 1 rings (SSSR count). The number of amides is 1. The van der Waals surface area contributed by atoms with E-state index in [0.717, 1.165) is 5.56 Å². The Morgan fingerprint density at radius 1 is 1.43 bits per heavy atom. The second-order valence-electron chi connectivity index (χ2n) is 2.99. The molecule has 0 radical (unpaired) electrons. The van der Waals surface area contributed by atoms with Crippen molar-refractivity contribution in [1.82, 2.24) is 5.32 Å². The number of aliphatic hydroxyl groups excluding tert-OH is 1. The normalized spacial score (nSPS) is 12.1. The van der Waals surface area contributed by atoms with E-state index in [9.17, 15) is 4.79 Å². The van der Waals surface area contributed by atoms with E-state index in [0.29, 0.717) is 6.54 Å². The highest BCUT2D eigenvalue weighted by atomic mass is 16.3. The topological polar surface area (TPSA) is 75.3 Å². The first-order valence-electron chi connectivity index (χ1n) is 4.42. The van der Waals surface area contributed by atoms with Crippen LogP contribution >= 0.6 is 0 Å². The zero-order valence-corrected chi connectivity index (χ0v) is 7.81. The summed E-state index contributed by atoms with van der Waals surface area (Å²) >= 11 is 0. The molecule has 1 aromatic carbocycles. The standard InChI is InChI=1S/C10H14N2O2/c11-9(7-13)10(14)12-6-8-4-2-1-3-5-8/h1-5,9,13H,6-7,11H2,(H,12,14)/t9-/m0/s1. The molecule has 0 aliphatic heterocycles.